The highest BCUT2D eigenvalue weighted by molar-refractivity contribution is 7.86. The summed E-state index contributed by atoms with van der Waals surface area (Å²) in [5.41, 5.74) is 1.02. The molecule has 3 nitrogen and oxygen atoms in total. The Morgan fingerprint density at radius 2 is 1.67 bits per heavy atom. The fourth-order valence-electron chi connectivity index (χ4n) is 1.76. The highest BCUT2D eigenvalue weighted by Gasteiger charge is 2.40. The molecule has 0 fully saturated rings. The highest BCUT2D eigenvalue weighted by atomic mass is 32.2. The molecule has 0 saturated heterocycles. The number of benzene rings is 1. The largest absolute Gasteiger partial charge is 0.294 e. The molecule has 0 atom stereocenters. The Kier molecular flexibility index (Phi) is 3.83. The van der Waals surface area contributed by atoms with Gasteiger partial charge in [0.05, 0.1) is 13.0 Å². The Morgan fingerprint density at radius 3 is 2.06 bits per heavy atom. The van der Waals surface area contributed by atoms with Gasteiger partial charge in [-0.05, 0) is 23.2 Å². The molecular weight excluding hydrogens is 264 g/mol. The molecule has 0 aliphatic carbocycles. The SMILES string of the molecule is Cc1ccc(S(=O)(=O)O)c([Si](C)(C)C(C)(C)C)c1. The Balaban J connectivity index is 3.64. The van der Waals surface area contributed by atoms with E-state index in [0.29, 0.717) is 0 Å². The molecule has 1 N–H and O–H groups in total. The van der Waals surface area contributed by atoms with Crippen molar-refractivity contribution >= 4 is 23.4 Å². The molecule has 102 valence electrons. The standard InChI is InChI=1S/C13H22O3SSi/c1-10-7-8-11(17(14,15)16)12(9-10)18(5,6)13(2,3)4/h7-9H,1-6H3,(H,14,15,16). The van der Waals surface area contributed by atoms with Crippen LogP contribution in [0.2, 0.25) is 18.1 Å². The second-order valence-corrected chi connectivity index (χ2v) is 13.0. The van der Waals surface area contributed by atoms with E-state index in [0.717, 1.165) is 10.8 Å². The number of aryl methyl sites for hydroxylation is 1. The van der Waals surface area contributed by atoms with E-state index in [9.17, 15) is 13.0 Å². The van der Waals surface area contributed by atoms with Crippen molar-refractivity contribution in [3.63, 3.8) is 0 Å². The quantitative estimate of drug-likeness (QED) is 0.672. The van der Waals surface area contributed by atoms with Crippen LogP contribution in [0.4, 0.5) is 0 Å². The normalized spacial score (nSPS) is 13.7. The van der Waals surface area contributed by atoms with Gasteiger partial charge in [0.25, 0.3) is 10.1 Å². The number of hydrogen-bond donors (Lipinski definition) is 1. The van der Waals surface area contributed by atoms with Crippen molar-refractivity contribution in [3.8, 4) is 0 Å². The van der Waals surface area contributed by atoms with Gasteiger partial charge in [-0.25, -0.2) is 0 Å². The lowest BCUT2D eigenvalue weighted by Crippen LogP contribution is -2.51. The third-order valence-electron chi connectivity index (χ3n) is 3.96. The van der Waals surface area contributed by atoms with Crippen LogP contribution >= 0.6 is 0 Å². The lowest BCUT2D eigenvalue weighted by atomic mass is 10.2. The van der Waals surface area contributed by atoms with Crippen molar-refractivity contribution in [1.29, 1.82) is 0 Å². The van der Waals surface area contributed by atoms with E-state index in [-0.39, 0.29) is 9.93 Å². The third-order valence-corrected chi connectivity index (χ3v) is 10.6. The van der Waals surface area contributed by atoms with Gasteiger partial charge in [0.1, 0.15) is 0 Å². The van der Waals surface area contributed by atoms with Gasteiger partial charge in [0, 0.05) is 0 Å². The lowest BCUT2D eigenvalue weighted by molar-refractivity contribution is 0.483. The maximum absolute atomic E-state index is 11.5. The van der Waals surface area contributed by atoms with E-state index in [1.165, 1.54) is 6.07 Å². The third kappa shape index (κ3) is 2.84. The highest BCUT2D eigenvalue weighted by Crippen LogP contribution is 2.36. The fraction of sp³-hybridized carbons (Fsp3) is 0.538. The lowest BCUT2D eigenvalue weighted by Gasteiger charge is -2.38. The summed E-state index contributed by atoms with van der Waals surface area (Å²) < 4.78 is 32.4. The Bertz CT molecular complexity index is 554. The summed E-state index contributed by atoms with van der Waals surface area (Å²) in [5.74, 6) is 0. The van der Waals surface area contributed by atoms with E-state index in [4.69, 9.17) is 0 Å². The minimum atomic E-state index is -4.16. The van der Waals surface area contributed by atoms with E-state index in [1.54, 1.807) is 6.07 Å². The molecule has 18 heavy (non-hydrogen) atoms. The summed E-state index contributed by atoms with van der Waals surface area (Å²) in [4.78, 5) is 0.0692. The first-order valence-corrected chi connectivity index (χ1v) is 10.4. The predicted molar refractivity (Wildman–Crippen MR) is 77.8 cm³/mol. The van der Waals surface area contributed by atoms with Crippen LogP contribution in [0, 0.1) is 6.92 Å². The molecular formula is C13H22O3SSi. The van der Waals surface area contributed by atoms with Crippen LogP contribution in [-0.2, 0) is 10.1 Å². The monoisotopic (exact) mass is 286 g/mol. The maximum atomic E-state index is 11.5. The molecule has 0 amide bonds. The second-order valence-electron chi connectivity index (χ2n) is 6.35. The molecule has 0 unspecified atom stereocenters. The van der Waals surface area contributed by atoms with Gasteiger partial charge in [-0.3, -0.25) is 4.55 Å². The van der Waals surface area contributed by atoms with E-state index < -0.39 is 18.2 Å². The average Bonchev–Trinajstić information content (AvgIpc) is 2.13. The van der Waals surface area contributed by atoms with Gasteiger partial charge in [-0.15, -0.1) is 0 Å². The topological polar surface area (TPSA) is 54.4 Å². The summed E-state index contributed by atoms with van der Waals surface area (Å²) in [6, 6.07) is 5.14. The first-order valence-electron chi connectivity index (χ1n) is 5.96. The summed E-state index contributed by atoms with van der Waals surface area (Å²) in [6.07, 6.45) is 0. The predicted octanol–water partition coefficient (Wildman–Crippen LogP) is 2.96. The smallest absolute Gasteiger partial charge is 0.282 e. The van der Waals surface area contributed by atoms with Crippen molar-refractivity contribution in [1.82, 2.24) is 0 Å². The van der Waals surface area contributed by atoms with Gasteiger partial charge >= 0.3 is 0 Å². The summed E-state index contributed by atoms with van der Waals surface area (Å²) in [7, 11) is -6.16. The number of hydrogen-bond acceptors (Lipinski definition) is 2. The molecule has 1 aromatic rings. The molecule has 0 radical (unpaired) electrons. The van der Waals surface area contributed by atoms with Crippen LogP contribution in [0.25, 0.3) is 0 Å². The van der Waals surface area contributed by atoms with E-state index in [2.05, 4.69) is 33.9 Å². The molecule has 0 saturated carbocycles. The van der Waals surface area contributed by atoms with Gasteiger partial charge in [-0.1, -0.05) is 51.6 Å². The fourth-order valence-corrected chi connectivity index (χ4v) is 5.59. The minimum Gasteiger partial charge on any atom is -0.282 e. The van der Waals surface area contributed by atoms with Crippen LogP contribution in [0.5, 0.6) is 0 Å². The maximum Gasteiger partial charge on any atom is 0.294 e. The van der Waals surface area contributed by atoms with Gasteiger partial charge in [-0.2, -0.15) is 8.42 Å². The second kappa shape index (κ2) is 4.47. The van der Waals surface area contributed by atoms with Crippen LogP contribution in [0.3, 0.4) is 0 Å². The first-order chi connectivity index (χ1) is 7.87. The van der Waals surface area contributed by atoms with E-state index in [1.807, 2.05) is 13.0 Å². The Labute approximate surface area is 111 Å². The molecule has 0 aromatic heterocycles. The molecule has 1 aromatic carbocycles. The minimum absolute atomic E-state index is 0.0141. The van der Waals surface area contributed by atoms with Crippen LogP contribution in [-0.4, -0.2) is 21.0 Å². The average molecular weight is 286 g/mol. The van der Waals surface area contributed by atoms with Gasteiger partial charge in [0.2, 0.25) is 0 Å². The van der Waals surface area contributed by atoms with Crippen molar-refractivity contribution in [2.75, 3.05) is 0 Å². The van der Waals surface area contributed by atoms with Gasteiger partial charge in [0.15, 0.2) is 0 Å². The van der Waals surface area contributed by atoms with Crippen molar-refractivity contribution < 1.29 is 13.0 Å². The van der Waals surface area contributed by atoms with Crippen molar-refractivity contribution in [2.45, 2.75) is 50.7 Å². The van der Waals surface area contributed by atoms with Crippen LogP contribution in [0.1, 0.15) is 26.3 Å². The Morgan fingerprint density at radius 1 is 1.17 bits per heavy atom. The zero-order chi connectivity index (χ0) is 14.4. The first kappa shape index (κ1) is 15.4. The molecule has 0 heterocycles. The molecule has 0 bridgehead atoms. The number of rotatable bonds is 2. The van der Waals surface area contributed by atoms with Crippen molar-refractivity contribution in [2.24, 2.45) is 0 Å². The molecule has 0 aliphatic rings. The summed E-state index contributed by atoms with van der Waals surface area (Å²) in [6.45, 7) is 12.6. The molecule has 5 heteroatoms. The molecule has 1 rings (SSSR count). The Hall–Kier alpha value is -0.653. The molecule has 0 spiro atoms. The van der Waals surface area contributed by atoms with E-state index >= 15 is 0 Å². The molecule has 0 aliphatic heterocycles. The van der Waals surface area contributed by atoms with Crippen LogP contribution in [0.15, 0.2) is 23.1 Å². The summed E-state index contributed by atoms with van der Waals surface area (Å²) >= 11 is 0. The van der Waals surface area contributed by atoms with Crippen molar-refractivity contribution in [3.05, 3.63) is 23.8 Å². The zero-order valence-electron chi connectivity index (χ0n) is 11.9. The van der Waals surface area contributed by atoms with Crippen LogP contribution < -0.4 is 5.19 Å². The zero-order valence-corrected chi connectivity index (χ0v) is 13.7. The summed E-state index contributed by atoms with van der Waals surface area (Å²) in [5, 5.41) is 0.817. The van der Waals surface area contributed by atoms with Gasteiger partial charge < -0.3 is 0 Å².